The zero-order valence-corrected chi connectivity index (χ0v) is 11.3. The molecule has 1 unspecified atom stereocenters. The van der Waals surface area contributed by atoms with Crippen LogP contribution < -0.4 is 5.32 Å². The van der Waals surface area contributed by atoms with Crippen LogP contribution in [0.1, 0.15) is 12.6 Å². The van der Waals surface area contributed by atoms with E-state index in [1.165, 1.54) is 6.07 Å². The van der Waals surface area contributed by atoms with Gasteiger partial charge in [0.25, 0.3) is 0 Å². The number of carboxylic acids is 1. The number of halogens is 3. The van der Waals surface area contributed by atoms with Crippen molar-refractivity contribution in [1.82, 2.24) is 4.98 Å². The Morgan fingerprint density at radius 1 is 1.29 bits per heavy atom. The van der Waals surface area contributed by atoms with Gasteiger partial charge in [0, 0.05) is 16.8 Å². The number of rotatable bonds is 3. The molecule has 0 amide bonds. The van der Waals surface area contributed by atoms with Crippen LogP contribution in [0.5, 0.6) is 0 Å². The number of pyridine rings is 1. The first-order valence-corrected chi connectivity index (χ1v) is 6.10. The zero-order chi connectivity index (χ0) is 15.8. The van der Waals surface area contributed by atoms with Crippen LogP contribution in [0.3, 0.4) is 0 Å². The smallest absolute Gasteiger partial charge is 0.422 e. The topological polar surface area (TPSA) is 62.2 Å². The Balaban J connectivity index is 2.59. The zero-order valence-electron chi connectivity index (χ0n) is 11.3. The van der Waals surface area contributed by atoms with Crippen molar-refractivity contribution >= 4 is 22.6 Å². The number of carboxylic acid groups (broad SMARTS) is 1. The van der Waals surface area contributed by atoms with Crippen molar-refractivity contribution < 1.29 is 23.1 Å². The minimum Gasteiger partial charge on any atom is -0.479 e. The fourth-order valence-corrected chi connectivity index (χ4v) is 1.93. The molecule has 1 aromatic heterocycles. The lowest BCUT2D eigenvalue weighted by Gasteiger charge is -2.30. The van der Waals surface area contributed by atoms with Gasteiger partial charge in [-0.2, -0.15) is 13.2 Å². The number of hydrogen-bond donors (Lipinski definition) is 2. The number of fused-ring (bicyclic) bond motifs is 1. The minimum absolute atomic E-state index is 0.0836. The van der Waals surface area contributed by atoms with Crippen LogP contribution in [0, 0.1) is 6.92 Å². The predicted molar refractivity (Wildman–Crippen MR) is 72.2 cm³/mol. The first kappa shape index (κ1) is 15.1. The highest BCUT2D eigenvalue weighted by Crippen LogP contribution is 2.35. The summed E-state index contributed by atoms with van der Waals surface area (Å²) in [5.74, 6) is -1.99. The third-order valence-corrected chi connectivity index (χ3v) is 3.22. The molecule has 21 heavy (non-hydrogen) atoms. The summed E-state index contributed by atoms with van der Waals surface area (Å²) < 4.78 is 39.2. The van der Waals surface area contributed by atoms with Crippen LogP contribution in [-0.2, 0) is 4.79 Å². The van der Waals surface area contributed by atoms with Crippen LogP contribution in [0.4, 0.5) is 18.9 Å². The summed E-state index contributed by atoms with van der Waals surface area (Å²) >= 11 is 0. The molecule has 4 nitrogen and oxygen atoms in total. The molecular formula is C14H13F3N2O2. The highest BCUT2D eigenvalue weighted by atomic mass is 19.4. The summed E-state index contributed by atoms with van der Waals surface area (Å²) in [6, 6.07) is 7.99. The Labute approximate surface area is 118 Å². The second-order valence-corrected chi connectivity index (χ2v) is 4.88. The molecule has 0 saturated carbocycles. The maximum Gasteiger partial charge on any atom is 0.422 e. The van der Waals surface area contributed by atoms with E-state index in [1.807, 2.05) is 0 Å². The van der Waals surface area contributed by atoms with Crippen LogP contribution in [0.2, 0.25) is 0 Å². The number of aromatic nitrogens is 1. The standard InChI is InChI=1S/C14H13F3N2O2/c1-8-7-11(9-5-3-4-6-10(9)18-8)19-13(2,12(20)21)14(15,16)17/h3-7H,1-2H3,(H,18,19)(H,20,21). The maximum atomic E-state index is 13.1. The number of alkyl halides is 3. The molecule has 112 valence electrons. The van der Waals surface area contributed by atoms with Crippen molar-refractivity contribution in [2.45, 2.75) is 25.6 Å². The molecule has 0 aliphatic heterocycles. The van der Waals surface area contributed by atoms with E-state index in [9.17, 15) is 18.0 Å². The third-order valence-electron chi connectivity index (χ3n) is 3.22. The normalized spacial score (nSPS) is 14.7. The average Bonchev–Trinajstić information content (AvgIpc) is 2.36. The van der Waals surface area contributed by atoms with E-state index >= 15 is 0 Å². The third kappa shape index (κ3) is 2.63. The number of aryl methyl sites for hydroxylation is 1. The van der Waals surface area contributed by atoms with Gasteiger partial charge in [-0.3, -0.25) is 4.98 Å². The van der Waals surface area contributed by atoms with E-state index in [-0.39, 0.29) is 5.69 Å². The maximum absolute atomic E-state index is 13.1. The lowest BCUT2D eigenvalue weighted by atomic mass is 10.0. The molecular weight excluding hydrogens is 285 g/mol. The van der Waals surface area contributed by atoms with Crippen molar-refractivity contribution in [3.63, 3.8) is 0 Å². The molecule has 0 bridgehead atoms. The van der Waals surface area contributed by atoms with Gasteiger partial charge in [-0.1, -0.05) is 18.2 Å². The Kier molecular flexibility index (Phi) is 3.52. The molecule has 2 rings (SSSR count). The molecule has 0 aliphatic carbocycles. The molecule has 1 aromatic carbocycles. The van der Waals surface area contributed by atoms with Crippen LogP contribution in [0.15, 0.2) is 30.3 Å². The van der Waals surface area contributed by atoms with Crippen molar-refractivity contribution in [1.29, 1.82) is 0 Å². The summed E-state index contributed by atoms with van der Waals surface area (Å²) in [5.41, 5.74) is -2.01. The van der Waals surface area contributed by atoms with Crippen LogP contribution >= 0.6 is 0 Å². The van der Waals surface area contributed by atoms with Crippen molar-refractivity contribution in [2.75, 3.05) is 5.32 Å². The lowest BCUT2D eigenvalue weighted by Crippen LogP contribution is -2.55. The van der Waals surface area contributed by atoms with Crippen LogP contribution in [-0.4, -0.2) is 27.8 Å². The van der Waals surface area contributed by atoms with Gasteiger partial charge in [0.1, 0.15) is 0 Å². The number of hydrogen-bond acceptors (Lipinski definition) is 3. The molecule has 0 saturated heterocycles. The van der Waals surface area contributed by atoms with E-state index in [0.717, 1.165) is 0 Å². The number of nitrogens with one attached hydrogen (secondary N) is 1. The number of benzene rings is 1. The molecule has 7 heteroatoms. The van der Waals surface area contributed by atoms with Gasteiger partial charge in [-0.15, -0.1) is 0 Å². The summed E-state index contributed by atoms with van der Waals surface area (Å²) in [6.07, 6.45) is -4.95. The highest BCUT2D eigenvalue weighted by Gasteiger charge is 2.57. The number of aliphatic carboxylic acids is 1. The van der Waals surface area contributed by atoms with Crippen molar-refractivity contribution in [3.05, 3.63) is 36.0 Å². The minimum atomic E-state index is -4.95. The van der Waals surface area contributed by atoms with E-state index in [2.05, 4.69) is 10.3 Å². The molecule has 0 spiro atoms. The Hall–Kier alpha value is -2.31. The Bertz CT molecular complexity index is 700. The molecule has 0 fully saturated rings. The largest absolute Gasteiger partial charge is 0.479 e. The van der Waals surface area contributed by atoms with Gasteiger partial charge in [-0.05, 0) is 26.0 Å². The first-order valence-electron chi connectivity index (χ1n) is 6.10. The monoisotopic (exact) mass is 298 g/mol. The Morgan fingerprint density at radius 2 is 1.90 bits per heavy atom. The number of para-hydroxylation sites is 1. The molecule has 1 heterocycles. The summed E-state index contributed by atoms with van der Waals surface area (Å²) in [6.45, 7) is 2.23. The predicted octanol–water partition coefficient (Wildman–Crippen LogP) is 3.36. The SMILES string of the molecule is Cc1cc(NC(C)(C(=O)O)C(F)(F)F)c2ccccc2n1. The molecule has 0 radical (unpaired) electrons. The van der Waals surface area contributed by atoms with Gasteiger partial charge in [0.05, 0.1) is 5.52 Å². The second kappa shape index (κ2) is 4.91. The second-order valence-electron chi connectivity index (χ2n) is 4.88. The lowest BCUT2D eigenvalue weighted by molar-refractivity contribution is -0.192. The molecule has 1 atom stereocenters. The summed E-state index contributed by atoms with van der Waals surface area (Å²) in [7, 11) is 0. The van der Waals surface area contributed by atoms with Crippen molar-refractivity contribution in [2.24, 2.45) is 0 Å². The Morgan fingerprint density at radius 3 is 2.48 bits per heavy atom. The molecule has 2 aromatic rings. The van der Waals surface area contributed by atoms with E-state index in [4.69, 9.17) is 5.11 Å². The van der Waals surface area contributed by atoms with E-state index in [0.29, 0.717) is 23.5 Å². The molecule has 2 N–H and O–H groups in total. The average molecular weight is 298 g/mol. The summed E-state index contributed by atoms with van der Waals surface area (Å²) in [4.78, 5) is 15.3. The van der Waals surface area contributed by atoms with E-state index < -0.39 is 17.7 Å². The highest BCUT2D eigenvalue weighted by molar-refractivity contribution is 5.94. The van der Waals surface area contributed by atoms with E-state index in [1.54, 1.807) is 31.2 Å². The van der Waals surface area contributed by atoms with Gasteiger partial charge < -0.3 is 10.4 Å². The number of nitrogens with zero attached hydrogens (tertiary/aromatic N) is 1. The van der Waals surface area contributed by atoms with Crippen LogP contribution in [0.25, 0.3) is 10.9 Å². The van der Waals surface area contributed by atoms with Gasteiger partial charge in [0.2, 0.25) is 5.54 Å². The van der Waals surface area contributed by atoms with Gasteiger partial charge in [-0.25, -0.2) is 4.79 Å². The molecule has 0 aliphatic rings. The van der Waals surface area contributed by atoms with Gasteiger partial charge >= 0.3 is 12.1 Å². The number of anilines is 1. The fourth-order valence-electron chi connectivity index (χ4n) is 1.93. The van der Waals surface area contributed by atoms with Gasteiger partial charge in [0.15, 0.2) is 0 Å². The fraction of sp³-hybridized carbons (Fsp3) is 0.286. The van der Waals surface area contributed by atoms with Crippen molar-refractivity contribution in [3.8, 4) is 0 Å². The quantitative estimate of drug-likeness (QED) is 0.912. The number of carbonyl (C=O) groups is 1. The summed E-state index contributed by atoms with van der Waals surface area (Å²) in [5, 5.41) is 11.5. The first-order chi connectivity index (χ1) is 9.65.